The molecule has 17 heavy (non-hydrogen) atoms. The highest BCUT2D eigenvalue weighted by Crippen LogP contribution is 2.18. The Bertz CT molecular complexity index is 422. The molecule has 2 aromatic carbocycles. The van der Waals surface area contributed by atoms with Crippen molar-refractivity contribution in [1.29, 1.82) is 0 Å². The average Bonchev–Trinajstić information content (AvgIpc) is 2.41. The second kappa shape index (κ2) is 6.21. The van der Waals surface area contributed by atoms with E-state index in [1.807, 2.05) is 36.4 Å². The Morgan fingerprint density at radius 2 is 1.41 bits per heavy atom. The van der Waals surface area contributed by atoms with E-state index < -0.39 is 0 Å². The first-order valence-electron chi connectivity index (χ1n) is 6.16. The van der Waals surface area contributed by atoms with Gasteiger partial charge in [0, 0.05) is 6.04 Å². The van der Waals surface area contributed by atoms with Crippen LogP contribution in [0.25, 0.3) is 0 Å². The molecule has 1 unspecified atom stereocenters. The zero-order valence-corrected chi connectivity index (χ0v) is 9.97. The predicted molar refractivity (Wildman–Crippen MR) is 71.7 cm³/mol. The second-order valence-corrected chi connectivity index (χ2v) is 4.34. The van der Waals surface area contributed by atoms with Crippen molar-refractivity contribution >= 4 is 0 Å². The van der Waals surface area contributed by atoms with Crippen LogP contribution in [0.1, 0.15) is 30.0 Å². The van der Waals surface area contributed by atoms with Crippen LogP contribution in [0, 0.1) is 0 Å². The molecule has 0 bridgehead atoms. The molecule has 1 N–H and O–H groups in total. The van der Waals surface area contributed by atoms with Crippen LogP contribution in [-0.2, 0) is 6.42 Å². The fraction of sp³-hybridized carbons (Fsp3) is 0.250. The van der Waals surface area contributed by atoms with Gasteiger partial charge in [-0.25, -0.2) is 5.73 Å². The van der Waals surface area contributed by atoms with Crippen LogP contribution in [0.3, 0.4) is 0 Å². The van der Waals surface area contributed by atoms with Gasteiger partial charge in [0.05, 0.1) is 0 Å². The first-order chi connectivity index (χ1) is 8.36. The first-order valence-corrected chi connectivity index (χ1v) is 6.16. The lowest BCUT2D eigenvalue weighted by Crippen LogP contribution is -2.00. The number of hydrogen-bond acceptors (Lipinski definition) is 0. The molecule has 0 aliphatic rings. The number of hydrogen-bond donors (Lipinski definition) is 0. The van der Waals surface area contributed by atoms with E-state index in [1.165, 1.54) is 5.56 Å². The van der Waals surface area contributed by atoms with Gasteiger partial charge in [-0.3, -0.25) is 0 Å². The smallest absolute Gasteiger partial charge is 0.0462 e. The Hall–Kier alpha value is -1.60. The van der Waals surface area contributed by atoms with E-state index in [4.69, 9.17) is 5.73 Å². The summed E-state index contributed by atoms with van der Waals surface area (Å²) in [5.74, 6) is 0. The summed E-state index contributed by atoms with van der Waals surface area (Å²) in [6.07, 6.45) is 3.08. The SMILES string of the molecule is [NH]C(CCCc1ccccc1)c1ccccc1. The summed E-state index contributed by atoms with van der Waals surface area (Å²) in [5, 5.41) is 0. The van der Waals surface area contributed by atoms with Crippen molar-refractivity contribution in [1.82, 2.24) is 5.73 Å². The Morgan fingerprint density at radius 1 is 0.824 bits per heavy atom. The maximum absolute atomic E-state index is 8.08. The molecule has 0 spiro atoms. The minimum atomic E-state index is -0.0834. The van der Waals surface area contributed by atoms with Gasteiger partial charge in [-0.05, 0) is 30.4 Å². The molecular formula is C16H18N. The summed E-state index contributed by atoms with van der Waals surface area (Å²) in [6, 6.07) is 20.5. The third-order valence-corrected chi connectivity index (χ3v) is 3.00. The van der Waals surface area contributed by atoms with E-state index in [1.54, 1.807) is 0 Å². The molecule has 1 atom stereocenters. The van der Waals surface area contributed by atoms with Crippen LogP contribution in [0.4, 0.5) is 0 Å². The molecule has 1 nitrogen and oxygen atoms in total. The predicted octanol–water partition coefficient (Wildman–Crippen LogP) is 4.03. The van der Waals surface area contributed by atoms with E-state index in [0.717, 1.165) is 24.8 Å². The first kappa shape index (κ1) is 11.9. The van der Waals surface area contributed by atoms with Crippen molar-refractivity contribution in [3.63, 3.8) is 0 Å². The molecule has 2 aromatic rings. The Balaban J connectivity index is 1.79. The molecule has 87 valence electrons. The van der Waals surface area contributed by atoms with Gasteiger partial charge in [0.2, 0.25) is 0 Å². The summed E-state index contributed by atoms with van der Waals surface area (Å²) in [7, 11) is 0. The molecule has 0 saturated carbocycles. The summed E-state index contributed by atoms with van der Waals surface area (Å²) in [5.41, 5.74) is 10.6. The van der Waals surface area contributed by atoms with Crippen LogP contribution in [0.15, 0.2) is 60.7 Å². The molecule has 1 radical (unpaired) electrons. The summed E-state index contributed by atoms with van der Waals surface area (Å²) >= 11 is 0. The zero-order chi connectivity index (χ0) is 11.9. The fourth-order valence-electron chi connectivity index (χ4n) is 2.01. The van der Waals surface area contributed by atoms with Gasteiger partial charge >= 0.3 is 0 Å². The molecule has 0 aliphatic heterocycles. The lowest BCUT2D eigenvalue weighted by Gasteiger charge is -2.10. The molecular weight excluding hydrogens is 206 g/mol. The van der Waals surface area contributed by atoms with Crippen LogP contribution in [0.2, 0.25) is 0 Å². The molecule has 0 aromatic heterocycles. The Labute approximate surface area is 103 Å². The normalized spacial score (nSPS) is 12.3. The fourth-order valence-corrected chi connectivity index (χ4v) is 2.01. The highest BCUT2D eigenvalue weighted by Gasteiger charge is 2.05. The van der Waals surface area contributed by atoms with Gasteiger partial charge in [-0.1, -0.05) is 60.7 Å². The maximum Gasteiger partial charge on any atom is 0.0462 e. The van der Waals surface area contributed by atoms with E-state index >= 15 is 0 Å². The number of benzene rings is 2. The quantitative estimate of drug-likeness (QED) is 0.732. The average molecular weight is 224 g/mol. The van der Waals surface area contributed by atoms with Gasteiger partial charge < -0.3 is 0 Å². The topological polar surface area (TPSA) is 23.8 Å². The highest BCUT2D eigenvalue weighted by atomic mass is 14.6. The molecule has 1 heteroatoms. The highest BCUT2D eigenvalue weighted by molar-refractivity contribution is 5.18. The number of aryl methyl sites for hydroxylation is 1. The molecule has 0 saturated heterocycles. The van der Waals surface area contributed by atoms with Gasteiger partial charge in [0.15, 0.2) is 0 Å². The largest absolute Gasteiger partial charge is 0.250 e. The van der Waals surface area contributed by atoms with Crippen molar-refractivity contribution in [2.75, 3.05) is 0 Å². The van der Waals surface area contributed by atoms with Gasteiger partial charge in [-0.15, -0.1) is 0 Å². The van der Waals surface area contributed by atoms with Crippen molar-refractivity contribution in [2.45, 2.75) is 25.3 Å². The van der Waals surface area contributed by atoms with Crippen molar-refractivity contribution < 1.29 is 0 Å². The molecule has 0 amide bonds. The minimum Gasteiger partial charge on any atom is -0.250 e. The van der Waals surface area contributed by atoms with E-state index in [0.29, 0.717) is 0 Å². The summed E-state index contributed by atoms with van der Waals surface area (Å²) in [6.45, 7) is 0. The lowest BCUT2D eigenvalue weighted by atomic mass is 10.00. The monoisotopic (exact) mass is 224 g/mol. The van der Waals surface area contributed by atoms with Crippen molar-refractivity contribution in [2.24, 2.45) is 0 Å². The Morgan fingerprint density at radius 3 is 2.06 bits per heavy atom. The summed E-state index contributed by atoms with van der Waals surface area (Å²) < 4.78 is 0. The van der Waals surface area contributed by atoms with Gasteiger partial charge in [0.25, 0.3) is 0 Å². The number of rotatable bonds is 5. The maximum atomic E-state index is 8.08. The van der Waals surface area contributed by atoms with Crippen LogP contribution in [-0.4, -0.2) is 0 Å². The van der Waals surface area contributed by atoms with Crippen molar-refractivity contribution in [3.8, 4) is 0 Å². The zero-order valence-electron chi connectivity index (χ0n) is 9.97. The minimum absolute atomic E-state index is 0.0834. The summed E-state index contributed by atoms with van der Waals surface area (Å²) in [4.78, 5) is 0. The van der Waals surface area contributed by atoms with Gasteiger partial charge in [0.1, 0.15) is 0 Å². The van der Waals surface area contributed by atoms with Crippen LogP contribution < -0.4 is 5.73 Å². The molecule has 0 aliphatic carbocycles. The lowest BCUT2D eigenvalue weighted by molar-refractivity contribution is 0.597. The molecule has 2 rings (SSSR count). The third kappa shape index (κ3) is 3.72. The van der Waals surface area contributed by atoms with E-state index in [-0.39, 0.29) is 6.04 Å². The molecule has 0 heterocycles. The Kier molecular flexibility index (Phi) is 4.34. The van der Waals surface area contributed by atoms with Crippen LogP contribution >= 0.6 is 0 Å². The molecule has 0 fully saturated rings. The van der Waals surface area contributed by atoms with Crippen molar-refractivity contribution in [3.05, 3.63) is 71.8 Å². The second-order valence-electron chi connectivity index (χ2n) is 4.34. The van der Waals surface area contributed by atoms with E-state index in [9.17, 15) is 0 Å². The van der Waals surface area contributed by atoms with Crippen LogP contribution in [0.5, 0.6) is 0 Å². The van der Waals surface area contributed by atoms with Gasteiger partial charge in [-0.2, -0.15) is 0 Å². The standard InChI is InChI=1S/C16H18N/c17-16(15-11-5-2-6-12-15)13-7-10-14-8-3-1-4-9-14/h1-6,8-9,11-12,16-17H,7,10,13H2. The van der Waals surface area contributed by atoms with E-state index in [2.05, 4.69) is 24.3 Å². The number of nitrogens with one attached hydrogen (secondary N) is 1. The third-order valence-electron chi connectivity index (χ3n) is 3.00.